The van der Waals surface area contributed by atoms with E-state index in [0.29, 0.717) is 6.04 Å². The van der Waals surface area contributed by atoms with Crippen LogP contribution in [0.3, 0.4) is 0 Å². The molecule has 194 valence electrons. The minimum Gasteiger partial charge on any atom is -0.361 e. The highest BCUT2D eigenvalue weighted by Crippen LogP contribution is 2.49. The van der Waals surface area contributed by atoms with Gasteiger partial charge < -0.3 is 14.9 Å². The highest BCUT2D eigenvalue weighted by Gasteiger charge is 2.39. The highest BCUT2D eigenvalue weighted by molar-refractivity contribution is 5.89. The lowest BCUT2D eigenvalue weighted by molar-refractivity contribution is 0.110. The van der Waals surface area contributed by atoms with Crippen LogP contribution in [-0.4, -0.2) is 34.5 Å². The normalized spacial score (nSPS) is 30.5. The van der Waals surface area contributed by atoms with Gasteiger partial charge in [0.05, 0.1) is 0 Å². The second-order valence-electron chi connectivity index (χ2n) is 12.7. The summed E-state index contributed by atoms with van der Waals surface area (Å²) in [5, 5.41) is 3.07. The number of likely N-dealkylation sites (N-methyl/N-ethyl adjacent to an activating group) is 1. The van der Waals surface area contributed by atoms with Crippen molar-refractivity contribution in [1.29, 1.82) is 0 Å². The molecule has 8 rings (SSSR count). The van der Waals surface area contributed by atoms with Gasteiger partial charge in [-0.3, -0.25) is 0 Å². The minimum atomic E-state index is 0.705. The van der Waals surface area contributed by atoms with Crippen molar-refractivity contribution in [3.63, 3.8) is 0 Å². The van der Waals surface area contributed by atoms with Crippen LogP contribution < -0.4 is 0 Å². The van der Waals surface area contributed by atoms with E-state index >= 15 is 0 Å². The molecule has 0 radical (unpaired) electrons. The van der Waals surface area contributed by atoms with Crippen LogP contribution in [0.15, 0.2) is 48.8 Å². The van der Waals surface area contributed by atoms with Crippen molar-refractivity contribution >= 4 is 21.8 Å². The van der Waals surface area contributed by atoms with Crippen LogP contribution in [0.4, 0.5) is 0 Å². The molecule has 0 amide bonds. The fourth-order valence-electron chi connectivity index (χ4n) is 8.70. The van der Waals surface area contributed by atoms with Crippen molar-refractivity contribution in [2.45, 2.75) is 83.1 Å². The average Bonchev–Trinajstić information content (AvgIpc) is 3.55. The number of hydrogen-bond acceptors (Lipinski definition) is 1. The van der Waals surface area contributed by atoms with Gasteiger partial charge in [-0.1, -0.05) is 57.4 Å². The summed E-state index contributed by atoms with van der Waals surface area (Å²) < 4.78 is 0. The van der Waals surface area contributed by atoms with Crippen molar-refractivity contribution in [2.24, 2.45) is 17.8 Å². The Morgan fingerprint density at radius 2 is 1.38 bits per heavy atom. The number of rotatable bonds is 2. The number of piperidine rings is 1. The second kappa shape index (κ2) is 9.34. The summed E-state index contributed by atoms with van der Waals surface area (Å²) >= 11 is 0. The number of nitrogens with one attached hydrogen (secondary N) is 2. The molecule has 2 aromatic heterocycles. The molecule has 1 aliphatic heterocycles. The lowest BCUT2D eigenvalue weighted by Gasteiger charge is -2.45. The van der Waals surface area contributed by atoms with Crippen molar-refractivity contribution in [3.05, 3.63) is 71.0 Å². The van der Waals surface area contributed by atoms with Gasteiger partial charge in [-0.05, 0) is 97.2 Å². The molecule has 1 saturated carbocycles. The van der Waals surface area contributed by atoms with Crippen LogP contribution in [-0.2, 0) is 12.8 Å². The van der Waals surface area contributed by atoms with E-state index in [1.54, 1.807) is 22.1 Å². The molecule has 4 aromatic rings. The van der Waals surface area contributed by atoms with Gasteiger partial charge in [0.15, 0.2) is 0 Å². The fourth-order valence-corrected chi connectivity index (χ4v) is 8.70. The van der Waals surface area contributed by atoms with E-state index in [-0.39, 0.29) is 0 Å². The van der Waals surface area contributed by atoms with Crippen LogP contribution in [0.25, 0.3) is 21.8 Å². The largest absolute Gasteiger partial charge is 0.361 e. The van der Waals surface area contributed by atoms with E-state index in [1.807, 2.05) is 0 Å². The van der Waals surface area contributed by atoms with E-state index in [0.717, 1.165) is 29.6 Å². The molecule has 0 spiro atoms. The van der Waals surface area contributed by atoms with Crippen LogP contribution in [0, 0.1) is 17.8 Å². The minimum absolute atomic E-state index is 0.705. The van der Waals surface area contributed by atoms with Crippen LogP contribution in [0.2, 0.25) is 0 Å². The zero-order valence-corrected chi connectivity index (χ0v) is 22.9. The predicted octanol–water partition coefficient (Wildman–Crippen LogP) is 8.17. The quantitative estimate of drug-likeness (QED) is 0.290. The predicted molar refractivity (Wildman–Crippen MR) is 155 cm³/mol. The lowest BCUT2D eigenvalue weighted by Crippen LogP contribution is -2.47. The topological polar surface area (TPSA) is 34.8 Å². The number of nitrogens with zero attached hydrogens (tertiary/aromatic N) is 1. The van der Waals surface area contributed by atoms with Gasteiger partial charge in [-0.15, -0.1) is 0 Å². The van der Waals surface area contributed by atoms with Gasteiger partial charge in [0.2, 0.25) is 0 Å². The Bertz CT molecular complexity index is 1410. The standard InChI is InChI=1S/C17H22N2.C17H21N/c1-3-11-7-14-13-5-4-6-15-17(13)12(9-18-15)8-16(14)19(2)10-11;1-2-11-6-7-12-9-13-10-18-16-5-3-4-14(17(13)16)15(12)8-11/h4-6,9,11,14,16,18H,3,7-8,10H2,1-2H3;3-5,10-12,15,18H,2,6-9H2,1H3/t11-,14-,16-;11-,12+,15-/m10/s1. The maximum atomic E-state index is 3.45. The summed E-state index contributed by atoms with van der Waals surface area (Å²) in [7, 11) is 2.32. The Balaban J connectivity index is 0.000000125. The van der Waals surface area contributed by atoms with Crippen LogP contribution in [0.1, 0.15) is 86.5 Å². The molecule has 3 heteroatoms. The Kier molecular flexibility index (Phi) is 5.96. The average molecular weight is 494 g/mol. The first-order chi connectivity index (χ1) is 18.1. The molecule has 3 aliphatic carbocycles. The Morgan fingerprint density at radius 1 is 0.757 bits per heavy atom. The Morgan fingerprint density at radius 3 is 2.05 bits per heavy atom. The smallest absolute Gasteiger partial charge is 0.0459 e. The molecule has 2 N–H and O–H groups in total. The van der Waals surface area contributed by atoms with Gasteiger partial charge in [0, 0.05) is 52.7 Å². The molecule has 3 heterocycles. The number of likely N-dealkylation sites (tertiary alicyclic amines) is 1. The fraction of sp³-hybridized carbons (Fsp3) is 0.529. The van der Waals surface area contributed by atoms with Gasteiger partial charge in [-0.25, -0.2) is 0 Å². The molecule has 0 unspecified atom stereocenters. The summed E-state index contributed by atoms with van der Waals surface area (Å²) in [4.78, 5) is 9.51. The van der Waals surface area contributed by atoms with Gasteiger partial charge in [0.25, 0.3) is 0 Å². The summed E-state index contributed by atoms with van der Waals surface area (Å²) in [5.74, 6) is 4.29. The Hall–Kier alpha value is -2.52. The summed E-state index contributed by atoms with van der Waals surface area (Å²) in [5.41, 5.74) is 8.99. The van der Waals surface area contributed by atoms with Crippen LogP contribution >= 0.6 is 0 Å². The van der Waals surface area contributed by atoms with Gasteiger partial charge in [0.1, 0.15) is 0 Å². The molecular weight excluding hydrogens is 450 g/mol. The Labute approximate surface area is 222 Å². The SMILES string of the molecule is CC[C@@H]1C[C@@H]2c3cccc4[nH]cc(c34)C[C@H]2N(C)C1.CC[C@H]1CC[C@@H]2Cc3c[nH]c4cccc(c34)[C@H]2C1. The molecule has 4 aliphatic rings. The van der Waals surface area contributed by atoms with Crippen molar-refractivity contribution in [2.75, 3.05) is 13.6 Å². The maximum Gasteiger partial charge on any atom is 0.0459 e. The van der Waals surface area contributed by atoms with E-state index in [1.165, 1.54) is 79.9 Å². The summed E-state index contributed by atoms with van der Waals surface area (Å²) in [6.07, 6.45) is 15.3. The third-order valence-corrected chi connectivity index (χ3v) is 10.8. The molecule has 2 fully saturated rings. The highest BCUT2D eigenvalue weighted by atomic mass is 15.1. The molecule has 0 bridgehead atoms. The number of aromatic nitrogens is 2. The summed E-state index contributed by atoms with van der Waals surface area (Å²) in [6, 6.07) is 14.3. The van der Waals surface area contributed by atoms with Crippen LogP contribution in [0.5, 0.6) is 0 Å². The van der Waals surface area contributed by atoms with E-state index in [2.05, 4.69) is 84.6 Å². The van der Waals surface area contributed by atoms with Crippen molar-refractivity contribution in [3.8, 4) is 0 Å². The zero-order valence-electron chi connectivity index (χ0n) is 22.9. The molecule has 3 nitrogen and oxygen atoms in total. The number of fused-ring (bicyclic) bond motifs is 4. The number of H-pyrrole nitrogens is 2. The lowest BCUT2D eigenvalue weighted by atomic mass is 9.65. The van der Waals surface area contributed by atoms with Gasteiger partial charge >= 0.3 is 0 Å². The third kappa shape index (κ3) is 3.88. The number of hydrogen-bond donors (Lipinski definition) is 2. The molecule has 6 atom stereocenters. The van der Waals surface area contributed by atoms with Crippen molar-refractivity contribution in [1.82, 2.24) is 14.9 Å². The molecule has 1 saturated heterocycles. The molecule has 2 aromatic carbocycles. The number of aromatic amines is 2. The zero-order chi connectivity index (χ0) is 25.1. The number of benzene rings is 2. The van der Waals surface area contributed by atoms with E-state index < -0.39 is 0 Å². The molecule has 37 heavy (non-hydrogen) atoms. The van der Waals surface area contributed by atoms with Gasteiger partial charge in [-0.2, -0.15) is 0 Å². The van der Waals surface area contributed by atoms with E-state index in [9.17, 15) is 0 Å². The molecular formula is C34H43N3. The first-order valence-electron chi connectivity index (χ1n) is 15.0. The summed E-state index contributed by atoms with van der Waals surface area (Å²) in [6.45, 7) is 5.97. The van der Waals surface area contributed by atoms with Crippen molar-refractivity contribution < 1.29 is 0 Å². The first-order valence-corrected chi connectivity index (χ1v) is 15.0. The third-order valence-electron chi connectivity index (χ3n) is 10.8. The monoisotopic (exact) mass is 493 g/mol. The first kappa shape index (κ1) is 23.6. The second-order valence-corrected chi connectivity index (χ2v) is 12.7. The maximum absolute atomic E-state index is 3.45. The van der Waals surface area contributed by atoms with E-state index in [4.69, 9.17) is 0 Å².